The molecule has 1 aromatic rings. The van der Waals surface area contributed by atoms with Crippen LogP contribution in [0.3, 0.4) is 0 Å². The van der Waals surface area contributed by atoms with Crippen LogP contribution >= 0.6 is 11.8 Å². The summed E-state index contributed by atoms with van der Waals surface area (Å²) in [4.78, 5) is 18.8. The van der Waals surface area contributed by atoms with E-state index in [0.717, 1.165) is 5.69 Å². The Balaban J connectivity index is 2.76. The predicted octanol–water partition coefficient (Wildman–Crippen LogP) is 2.18. The van der Waals surface area contributed by atoms with Gasteiger partial charge in [-0.15, -0.1) is 11.8 Å². The molecule has 0 amide bonds. The van der Waals surface area contributed by atoms with Crippen LogP contribution < -0.4 is 0 Å². The molecule has 0 spiro atoms. The van der Waals surface area contributed by atoms with Gasteiger partial charge in [0.05, 0.1) is 5.69 Å². The largest absolute Gasteiger partial charge is 0.445 e. The molecule has 4 nitrogen and oxygen atoms in total. The predicted molar refractivity (Wildman–Crippen MR) is 59.3 cm³/mol. The summed E-state index contributed by atoms with van der Waals surface area (Å²) in [6.45, 7) is 5.49. The van der Waals surface area contributed by atoms with Gasteiger partial charge in [-0.2, -0.15) is 0 Å². The number of thioether (sulfide) groups is 1. The molecule has 0 aliphatic carbocycles. The van der Waals surface area contributed by atoms with Crippen LogP contribution in [0.5, 0.6) is 0 Å². The highest BCUT2D eigenvalue weighted by molar-refractivity contribution is 7.99. The fraction of sp³-hybridized carbons (Fsp3) is 0.500. The Kier molecular flexibility index (Phi) is 4.55. The van der Waals surface area contributed by atoms with Gasteiger partial charge in [-0.05, 0) is 6.07 Å². The molecule has 1 unspecified atom stereocenters. The van der Waals surface area contributed by atoms with Gasteiger partial charge in [-0.3, -0.25) is 4.79 Å². The number of aromatic nitrogens is 2. The molecule has 15 heavy (non-hydrogen) atoms. The van der Waals surface area contributed by atoms with Crippen molar-refractivity contribution in [3.05, 3.63) is 24.3 Å². The zero-order valence-corrected chi connectivity index (χ0v) is 9.82. The first-order chi connectivity index (χ1) is 7.09. The van der Waals surface area contributed by atoms with Crippen molar-refractivity contribution < 1.29 is 9.53 Å². The third-order valence-corrected chi connectivity index (χ3v) is 2.64. The van der Waals surface area contributed by atoms with Gasteiger partial charge < -0.3 is 4.74 Å². The topological polar surface area (TPSA) is 52.1 Å². The van der Waals surface area contributed by atoms with E-state index < -0.39 is 0 Å². The molecule has 5 heteroatoms. The first-order valence-electron chi connectivity index (χ1n) is 4.68. The van der Waals surface area contributed by atoms with Crippen molar-refractivity contribution >= 4 is 17.7 Å². The molecular weight excluding hydrogens is 212 g/mol. The Bertz CT molecular complexity index is 316. The third kappa shape index (κ3) is 4.29. The number of carbonyl (C=O) groups excluding carboxylic acids is 1. The maximum Gasteiger partial charge on any atom is 0.304 e. The zero-order chi connectivity index (χ0) is 11.3. The Hall–Kier alpha value is -1.10. The van der Waals surface area contributed by atoms with Crippen molar-refractivity contribution in [3.8, 4) is 0 Å². The average Bonchev–Trinajstić information content (AvgIpc) is 2.17. The number of carbonyl (C=O) groups is 1. The van der Waals surface area contributed by atoms with Gasteiger partial charge in [-0.1, -0.05) is 13.8 Å². The van der Waals surface area contributed by atoms with Crippen LogP contribution in [0.4, 0.5) is 0 Å². The van der Waals surface area contributed by atoms with E-state index in [4.69, 9.17) is 4.74 Å². The molecule has 0 aliphatic rings. The summed E-state index contributed by atoms with van der Waals surface area (Å²) in [5.41, 5.74) is 0.379. The second kappa shape index (κ2) is 5.70. The van der Waals surface area contributed by atoms with Gasteiger partial charge in [-0.25, -0.2) is 9.97 Å². The number of ether oxygens (including phenoxy) is 1. The van der Waals surface area contributed by atoms with E-state index in [1.54, 1.807) is 24.0 Å². The fourth-order valence-corrected chi connectivity index (χ4v) is 1.96. The molecule has 1 heterocycles. The van der Waals surface area contributed by atoms with E-state index in [0.29, 0.717) is 5.25 Å². The number of rotatable bonds is 4. The Morgan fingerprint density at radius 2 is 2.27 bits per heavy atom. The molecular formula is C10H14N2O2S. The molecule has 0 bridgehead atoms. The van der Waals surface area contributed by atoms with Crippen LogP contribution in [0.15, 0.2) is 18.6 Å². The SMILES string of the molecule is CC(=O)OC(SC(C)C)c1ccncn1. The summed E-state index contributed by atoms with van der Waals surface area (Å²) in [7, 11) is 0. The highest BCUT2D eigenvalue weighted by Gasteiger charge is 2.17. The highest BCUT2D eigenvalue weighted by Crippen LogP contribution is 2.31. The molecule has 0 aromatic carbocycles. The van der Waals surface area contributed by atoms with E-state index in [-0.39, 0.29) is 11.4 Å². The minimum absolute atomic E-state index is 0.299. The van der Waals surface area contributed by atoms with Crippen molar-refractivity contribution in [1.29, 1.82) is 0 Å². The monoisotopic (exact) mass is 226 g/mol. The van der Waals surface area contributed by atoms with E-state index in [1.807, 2.05) is 13.8 Å². The first-order valence-corrected chi connectivity index (χ1v) is 5.62. The lowest BCUT2D eigenvalue weighted by atomic mass is 10.4. The molecule has 1 aromatic heterocycles. The van der Waals surface area contributed by atoms with E-state index >= 15 is 0 Å². The van der Waals surface area contributed by atoms with Gasteiger partial charge >= 0.3 is 5.97 Å². The minimum atomic E-state index is -0.342. The van der Waals surface area contributed by atoms with Crippen molar-refractivity contribution in [1.82, 2.24) is 9.97 Å². The molecule has 1 rings (SSSR count). The molecule has 0 radical (unpaired) electrons. The summed E-state index contributed by atoms with van der Waals surface area (Å²) in [5.74, 6) is -0.299. The molecule has 0 fully saturated rings. The minimum Gasteiger partial charge on any atom is -0.445 e. The maximum atomic E-state index is 10.9. The number of nitrogens with zero attached hydrogens (tertiary/aromatic N) is 2. The lowest BCUT2D eigenvalue weighted by Gasteiger charge is -2.17. The summed E-state index contributed by atoms with van der Waals surface area (Å²) >= 11 is 1.55. The third-order valence-electron chi connectivity index (χ3n) is 1.52. The summed E-state index contributed by atoms with van der Waals surface area (Å²) in [6.07, 6.45) is 3.09. The maximum absolute atomic E-state index is 10.9. The highest BCUT2D eigenvalue weighted by atomic mass is 32.2. The second-order valence-electron chi connectivity index (χ2n) is 3.26. The van der Waals surface area contributed by atoms with Crippen LogP contribution in [0.2, 0.25) is 0 Å². The average molecular weight is 226 g/mol. The quantitative estimate of drug-likeness (QED) is 0.582. The van der Waals surface area contributed by atoms with Crippen LogP contribution in [0, 0.1) is 0 Å². The normalized spacial score (nSPS) is 12.5. The van der Waals surface area contributed by atoms with Gasteiger partial charge in [0.1, 0.15) is 6.33 Å². The fourth-order valence-electron chi connectivity index (χ4n) is 0.996. The summed E-state index contributed by atoms with van der Waals surface area (Å²) in [6, 6.07) is 1.75. The molecule has 0 aliphatic heterocycles. The second-order valence-corrected chi connectivity index (χ2v) is 4.90. The van der Waals surface area contributed by atoms with Gasteiger partial charge in [0.25, 0.3) is 0 Å². The molecule has 0 saturated carbocycles. The Morgan fingerprint density at radius 1 is 1.53 bits per heavy atom. The lowest BCUT2D eigenvalue weighted by Crippen LogP contribution is -2.09. The molecule has 0 saturated heterocycles. The van der Waals surface area contributed by atoms with Crippen molar-refractivity contribution in [3.63, 3.8) is 0 Å². The number of esters is 1. The van der Waals surface area contributed by atoms with Gasteiger partial charge in [0.2, 0.25) is 0 Å². The van der Waals surface area contributed by atoms with E-state index in [1.165, 1.54) is 13.3 Å². The molecule has 82 valence electrons. The zero-order valence-electron chi connectivity index (χ0n) is 9.01. The number of hydrogen-bond acceptors (Lipinski definition) is 5. The Morgan fingerprint density at radius 3 is 2.73 bits per heavy atom. The van der Waals surface area contributed by atoms with Gasteiger partial charge in [0.15, 0.2) is 5.44 Å². The first kappa shape index (κ1) is 12.0. The van der Waals surface area contributed by atoms with E-state index in [9.17, 15) is 4.79 Å². The van der Waals surface area contributed by atoms with Crippen LogP contribution in [-0.4, -0.2) is 21.2 Å². The lowest BCUT2D eigenvalue weighted by molar-refractivity contribution is -0.142. The molecule has 1 atom stereocenters. The molecule has 0 N–H and O–H groups in total. The van der Waals surface area contributed by atoms with Crippen molar-refractivity contribution in [2.24, 2.45) is 0 Å². The Labute approximate surface area is 93.5 Å². The van der Waals surface area contributed by atoms with Gasteiger partial charge in [0, 0.05) is 18.4 Å². The van der Waals surface area contributed by atoms with Crippen LogP contribution in [0.1, 0.15) is 31.9 Å². The van der Waals surface area contributed by atoms with E-state index in [2.05, 4.69) is 9.97 Å². The smallest absolute Gasteiger partial charge is 0.304 e. The van der Waals surface area contributed by atoms with Crippen molar-refractivity contribution in [2.75, 3.05) is 0 Å². The standard InChI is InChI=1S/C10H14N2O2S/c1-7(2)15-10(14-8(3)13)9-4-5-11-6-12-9/h4-7,10H,1-3H3. The summed E-state index contributed by atoms with van der Waals surface area (Å²) in [5, 5.41) is 0.365. The van der Waals surface area contributed by atoms with Crippen LogP contribution in [0.25, 0.3) is 0 Å². The van der Waals surface area contributed by atoms with Crippen LogP contribution in [-0.2, 0) is 9.53 Å². The summed E-state index contributed by atoms with van der Waals surface area (Å²) < 4.78 is 5.18. The van der Waals surface area contributed by atoms with Crippen molar-refractivity contribution in [2.45, 2.75) is 31.5 Å². The number of hydrogen-bond donors (Lipinski definition) is 0.